The van der Waals surface area contributed by atoms with Gasteiger partial charge in [0.2, 0.25) is 5.91 Å². The number of fused-ring (bicyclic) bond motifs is 1. The summed E-state index contributed by atoms with van der Waals surface area (Å²) in [5.74, 6) is 0.684. The number of hydrogen-bond acceptors (Lipinski definition) is 2. The lowest BCUT2D eigenvalue weighted by Crippen LogP contribution is -2.32. The van der Waals surface area contributed by atoms with Gasteiger partial charge < -0.3 is 10.1 Å². The molecule has 0 saturated heterocycles. The molecule has 0 bridgehead atoms. The van der Waals surface area contributed by atoms with Gasteiger partial charge in [-0.15, -0.1) is 0 Å². The Kier molecular flexibility index (Phi) is 3.84. The fourth-order valence-corrected chi connectivity index (χ4v) is 2.14. The number of hydrogen-bond donors (Lipinski definition) is 1. The molecule has 1 atom stereocenters. The molecule has 1 unspecified atom stereocenters. The van der Waals surface area contributed by atoms with Gasteiger partial charge in [-0.2, -0.15) is 0 Å². The van der Waals surface area contributed by atoms with Crippen LogP contribution in [0.1, 0.15) is 38.3 Å². The van der Waals surface area contributed by atoms with Crippen LogP contribution in [0.25, 0.3) is 0 Å². The predicted octanol–water partition coefficient (Wildman–Crippen LogP) is 2.81. The highest BCUT2D eigenvalue weighted by atomic mass is 19.1. The molecule has 98 valence electrons. The molecule has 1 aliphatic heterocycles. The number of rotatable bonds is 3. The van der Waals surface area contributed by atoms with E-state index in [0.29, 0.717) is 31.1 Å². The summed E-state index contributed by atoms with van der Waals surface area (Å²) in [6.07, 6.45) is 1.17. The number of ether oxygens (including phenoxy) is 1. The standard InChI is InChI=1S/C14H18FNO2/c1-9(2)7-14(17)16-12-5-6-18-13-4-3-10(15)8-11(12)13/h3-4,8-9,12H,5-7H2,1-2H3,(H,16,17). The highest BCUT2D eigenvalue weighted by Gasteiger charge is 2.23. The van der Waals surface area contributed by atoms with E-state index in [2.05, 4.69) is 5.32 Å². The summed E-state index contributed by atoms with van der Waals surface area (Å²) in [6, 6.07) is 4.29. The van der Waals surface area contributed by atoms with Gasteiger partial charge in [-0.3, -0.25) is 4.79 Å². The summed E-state index contributed by atoms with van der Waals surface area (Å²) in [4.78, 5) is 11.8. The van der Waals surface area contributed by atoms with Gasteiger partial charge in [0.1, 0.15) is 11.6 Å². The van der Waals surface area contributed by atoms with E-state index in [1.54, 1.807) is 6.07 Å². The van der Waals surface area contributed by atoms with Crippen LogP contribution < -0.4 is 10.1 Å². The van der Waals surface area contributed by atoms with Gasteiger partial charge in [-0.05, 0) is 24.1 Å². The molecule has 0 aromatic heterocycles. The van der Waals surface area contributed by atoms with Crippen molar-refractivity contribution < 1.29 is 13.9 Å². The Balaban J connectivity index is 2.12. The van der Waals surface area contributed by atoms with E-state index in [4.69, 9.17) is 4.74 Å². The van der Waals surface area contributed by atoms with Gasteiger partial charge in [-0.1, -0.05) is 13.8 Å². The predicted molar refractivity (Wildman–Crippen MR) is 66.9 cm³/mol. The zero-order valence-electron chi connectivity index (χ0n) is 10.7. The first-order chi connectivity index (χ1) is 8.56. The molecule has 18 heavy (non-hydrogen) atoms. The summed E-state index contributed by atoms with van der Waals surface area (Å²) < 4.78 is 18.7. The molecule has 0 saturated carbocycles. The van der Waals surface area contributed by atoms with Crippen LogP contribution in [0.3, 0.4) is 0 Å². The average molecular weight is 251 g/mol. The second-order valence-corrected chi connectivity index (χ2v) is 5.04. The van der Waals surface area contributed by atoms with E-state index in [1.807, 2.05) is 13.8 Å². The van der Waals surface area contributed by atoms with Crippen LogP contribution in [-0.4, -0.2) is 12.5 Å². The SMILES string of the molecule is CC(C)CC(=O)NC1CCOc2ccc(F)cc21. The minimum Gasteiger partial charge on any atom is -0.493 e. The first kappa shape index (κ1) is 12.9. The van der Waals surface area contributed by atoms with Crippen molar-refractivity contribution in [3.8, 4) is 5.75 Å². The van der Waals surface area contributed by atoms with Crippen LogP contribution in [0.2, 0.25) is 0 Å². The van der Waals surface area contributed by atoms with E-state index in [9.17, 15) is 9.18 Å². The molecule has 4 heteroatoms. The fraction of sp³-hybridized carbons (Fsp3) is 0.500. The molecule has 1 aliphatic rings. The molecule has 1 amide bonds. The van der Waals surface area contributed by atoms with Crippen molar-refractivity contribution in [2.45, 2.75) is 32.7 Å². The van der Waals surface area contributed by atoms with E-state index >= 15 is 0 Å². The molecule has 1 N–H and O–H groups in total. The Morgan fingerprint density at radius 2 is 2.33 bits per heavy atom. The Hall–Kier alpha value is -1.58. The summed E-state index contributed by atoms with van der Waals surface area (Å²) in [7, 11) is 0. The highest BCUT2D eigenvalue weighted by Crippen LogP contribution is 2.32. The molecule has 1 aromatic rings. The number of amides is 1. The molecular weight excluding hydrogens is 233 g/mol. The lowest BCUT2D eigenvalue weighted by Gasteiger charge is -2.27. The van der Waals surface area contributed by atoms with Crippen LogP contribution in [0.15, 0.2) is 18.2 Å². The molecule has 3 nitrogen and oxygen atoms in total. The Morgan fingerprint density at radius 1 is 1.56 bits per heavy atom. The molecule has 0 radical (unpaired) electrons. The Labute approximate surface area is 106 Å². The van der Waals surface area contributed by atoms with Crippen molar-refractivity contribution in [3.05, 3.63) is 29.6 Å². The number of nitrogens with one attached hydrogen (secondary N) is 1. The highest BCUT2D eigenvalue weighted by molar-refractivity contribution is 5.76. The van der Waals surface area contributed by atoms with Crippen LogP contribution >= 0.6 is 0 Å². The number of halogens is 1. The van der Waals surface area contributed by atoms with Crippen LogP contribution in [-0.2, 0) is 4.79 Å². The monoisotopic (exact) mass is 251 g/mol. The second kappa shape index (κ2) is 5.38. The summed E-state index contributed by atoms with van der Waals surface area (Å²) in [5, 5.41) is 2.95. The smallest absolute Gasteiger partial charge is 0.220 e. The van der Waals surface area contributed by atoms with Gasteiger partial charge in [-0.25, -0.2) is 4.39 Å². The maximum absolute atomic E-state index is 13.2. The topological polar surface area (TPSA) is 38.3 Å². The third-order valence-corrected chi connectivity index (χ3v) is 2.94. The molecule has 0 fully saturated rings. The lowest BCUT2D eigenvalue weighted by atomic mass is 9.99. The van der Waals surface area contributed by atoms with Crippen LogP contribution in [0, 0.1) is 11.7 Å². The maximum Gasteiger partial charge on any atom is 0.220 e. The van der Waals surface area contributed by atoms with Gasteiger partial charge in [0.25, 0.3) is 0 Å². The quantitative estimate of drug-likeness (QED) is 0.897. The van der Waals surface area contributed by atoms with Gasteiger partial charge in [0.15, 0.2) is 0 Å². The minimum absolute atomic E-state index is 0.00658. The van der Waals surface area contributed by atoms with Gasteiger partial charge >= 0.3 is 0 Å². The van der Waals surface area contributed by atoms with Crippen molar-refractivity contribution in [2.24, 2.45) is 5.92 Å². The van der Waals surface area contributed by atoms with Crippen LogP contribution in [0.4, 0.5) is 4.39 Å². The molecule has 1 heterocycles. The van der Waals surface area contributed by atoms with Crippen LogP contribution in [0.5, 0.6) is 5.75 Å². The van der Waals surface area contributed by atoms with E-state index in [0.717, 1.165) is 5.56 Å². The first-order valence-electron chi connectivity index (χ1n) is 6.28. The normalized spacial score (nSPS) is 18.1. The van der Waals surface area contributed by atoms with E-state index in [1.165, 1.54) is 12.1 Å². The average Bonchev–Trinajstić information content (AvgIpc) is 2.28. The Bertz CT molecular complexity index is 445. The number of carbonyl (C=O) groups is 1. The van der Waals surface area contributed by atoms with Crippen molar-refractivity contribution in [2.75, 3.05) is 6.61 Å². The number of carbonyl (C=O) groups excluding carboxylic acids is 1. The maximum atomic E-state index is 13.2. The van der Waals surface area contributed by atoms with Crippen molar-refractivity contribution in [1.82, 2.24) is 5.32 Å². The van der Waals surface area contributed by atoms with Crippen molar-refractivity contribution in [1.29, 1.82) is 0 Å². The third-order valence-electron chi connectivity index (χ3n) is 2.94. The molecule has 2 rings (SSSR count). The van der Waals surface area contributed by atoms with Gasteiger partial charge in [0.05, 0.1) is 12.6 Å². The zero-order valence-corrected chi connectivity index (χ0v) is 10.7. The second-order valence-electron chi connectivity index (χ2n) is 5.04. The minimum atomic E-state index is -0.303. The summed E-state index contributed by atoms with van der Waals surface area (Å²) in [5.41, 5.74) is 0.735. The van der Waals surface area contributed by atoms with Crippen molar-refractivity contribution >= 4 is 5.91 Å². The molecule has 0 aliphatic carbocycles. The zero-order chi connectivity index (χ0) is 13.1. The fourth-order valence-electron chi connectivity index (χ4n) is 2.14. The van der Waals surface area contributed by atoms with E-state index < -0.39 is 0 Å². The Morgan fingerprint density at radius 3 is 3.06 bits per heavy atom. The molecule has 0 spiro atoms. The third kappa shape index (κ3) is 3.00. The molecular formula is C14H18FNO2. The summed E-state index contributed by atoms with van der Waals surface area (Å²) in [6.45, 7) is 4.54. The number of benzene rings is 1. The van der Waals surface area contributed by atoms with Gasteiger partial charge in [0, 0.05) is 18.4 Å². The van der Waals surface area contributed by atoms with E-state index in [-0.39, 0.29) is 17.8 Å². The summed E-state index contributed by atoms with van der Waals surface area (Å²) >= 11 is 0. The van der Waals surface area contributed by atoms with Crippen molar-refractivity contribution in [3.63, 3.8) is 0 Å². The first-order valence-corrected chi connectivity index (χ1v) is 6.28. The lowest BCUT2D eigenvalue weighted by molar-refractivity contribution is -0.122. The largest absolute Gasteiger partial charge is 0.493 e. The molecule has 1 aromatic carbocycles.